The van der Waals surface area contributed by atoms with Crippen LogP contribution in [0.1, 0.15) is 63.3 Å². The molecule has 270 valence electrons. The van der Waals surface area contributed by atoms with Crippen molar-refractivity contribution in [1.29, 1.82) is 0 Å². The Labute approximate surface area is 293 Å². The molecule has 0 spiro atoms. The SMILES string of the molecule is CN(C(=O)CCc1ccc(F)cc1)C(C)(C)C(NC(=O)OCc1ccccc1)C(=O)NC(CNCC(N)=O)Cc1ccc(O)c(C(C)(C)C)c1. The number of ether oxygens (including phenoxy) is 1. The Morgan fingerprint density at radius 2 is 1.54 bits per heavy atom. The van der Waals surface area contributed by atoms with Crippen LogP contribution in [-0.4, -0.2) is 71.6 Å². The first-order valence-electron chi connectivity index (χ1n) is 16.6. The second-order valence-electron chi connectivity index (χ2n) is 14.0. The molecule has 0 fully saturated rings. The summed E-state index contributed by atoms with van der Waals surface area (Å²) in [6.07, 6.45) is -0.126. The molecule has 0 aliphatic carbocycles. The number of nitrogens with one attached hydrogen (secondary N) is 3. The number of halogens is 1. The highest BCUT2D eigenvalue weighted by atomic mass is 19.1. The number of nitrogens with two attached hydrogens (primary N) is 1. The maximum Gasteiger partial charge on any atom is 0.408 e. The van der Waals surface area contributed by atoms with Gasteiger partial charge in [0.2, 0.25) is 17.7 Å². The van der Waals surface area contributed by atoms with Crippen LogP contribution in [0.2, 0.25) is 0 Å². The van der Waals surface area contributed by atoms with E-state index in [2.05, 4.69) is 16.0 Å². The average molecular weight is 692 g/mol. The normalized spacial score (nSPS) is 12.8. The van der Waals surface area contributed by atoms with Gasteiger partial charge in [-0.25, -0.2) is 9.18 Å². The molecule has 12 heteroatoms. The van der Waals surface area contributed by atoms with Gasteiger partial charge in [0, 0.05) is 26.1 Å². The van der Waals surface area contributed by atoms with E-state index in [4.69, 9.17) is 10.5 Å². The lowest BCUT2D eigenvalue weighted by atomic mass is 9.84. The number of amides is 4. The predicted octanol–water partition coefficient (Wildman–Crippen LogP) is 4.10. The van der Waals surface area contributed by atoms with Gasteiger partial charge in [-0.05, 0) is 72.6 Å². The van der Waals surface area contributed by atoms with Crippen molar-refractivity contribution in [2.75, 3.05) is 20.1 Å². The molecule has 0 aromatic heterocycles. The van der Waals surface area contributed by atoms with Crippen molar-refractivity contribution in [1.82, 2.24) is 20.9 Å². The molecule has 50 heavy (non-hydrogen) atoms. The third-order valence-electron chi connectivity index (χ3n) is 8.61. The van der Waals surface area contributed by atoms with Crippen LogP contribution in [0.25, 0.3) is 0 Å². The highest BCUT2D eigenvalue weighted by Gasteiger charge is 2.42. The summed E-state index contributed by atoms with van der Waals surface area (Å²) in [4.78, 5) is 53.7. The van der Waals surface area contributed by atoms with E-state index in [9.17, 15) is 28.7 Å². The number of phenolic OH excluding ortho intramolecular Hbond substituents is 1. The minimum atomic E-state index is -1.28. The quantitative estimate of drug-likeness (QED) is 0.151. The van der Waals surface area contributed by atoms with Crippen molar-refractivity contribution < 1.29 is 33.4 Å². The van der Waals surface area contributed by atoms with Crippen LogP contribution in [-0.2, 0) is 44.0 Å². The van der Waals surface area contributed by atoms with E-state index in [0.717, 1.165) is 22.3 Å². The highest BCUT2D eigenvalue weighted by Crippen LogP contribution is 2.31. The van der Waals surface area contributed by atoms with Crippen LogP contribution in [0.4, 0.5) is 9.18 Å². The Morgan fingerprint density at radius 3 is 2.16 bits per heavy atom. The molecule has 0 bridgehead atoms. The van der Waals surface area contributed by atoms with Gasteiger partial charge in [-0.1, -0.05) is 75.4 Å². The first kappa shape index (κ1) is 39.5. The lowest BCUT2D eigenvalue weighted by Crippen LogP contribution is -2.66. The molecule has 2 atom stereocenters. The van der Waals surface area contributed by atoms with Gasteiger partial charge >= 0.3 is 6.09 Å². The summed E-state index contributed by atoms with van der Waals surface area (Å²) in [6, 6.07) is 18.3. The molecule has 3 aromatic carbocycles. The van der Waals surface area contributed by atoms with Gasteiger partial charge in [0.15, 0.2) is 0 Å². The number of nitrogens with zero attached hydrogens (tertiary/aromatic N) is 1. The Kier molecular flexibility index (Phi) is 13.9. The van der Waals surface area contributed by atoms with Gasteiger partial charge in [0.1, 0.15) is 24.2 Å². The average Bonchev–Trinajstić information content (AvgIpc) is 3.05. The molecule has 0 heterocycles. The van der Waals surface area contributed by atoms with Crippen LogP contribution >= 0.6 is 0 Å². The molecular formula is C38H50FN5O6. The summed E-state index contributed by atoms with van der Waals surface area (Å²) in [5.41, 5.74) is 6.80. The zero-order valence-electron chi connectivity index (χ0n) is 29.7. The minimum Gasteiger partial charge on any atom is -0.508 e. The zero-order chi connectivity index (χ0) is 37.1. The second-order valence-corrected chi connectivity index (χ2v) is 14.0. The van der Waals surface area contributed by atoms with E-state index in [1.807, 2.05) is 45.0 Å². The number of hydrogen-bond acceptors (Lipinski definition) is 7. The number of primary amides is 1. The minimum absolute atomic E-state index is 0.0372. The Bertz CT molecular complexity index is 1610. The molecule has 0 saturated carbocycles. The van der Waals surface area contributed by atoms with Gasteiger partial charge in [-0.3, -0.25) is 14.4 Å². The molecule has 11 nitrogen and oxygen atoms in total. The van der Waals surface area contributed by atoms with Crippen molar-refractivity contribution in [3.8, 4) is 5.75 Å². The number of rotatable bonds is 16. The maximum absolute atomic E-state index is 14.2. The Balaban J connectivity index is 1.87. The molecule has 0 saturated heterocycles. The predicted molar refractivity (Wildman–Crippen MR) is 190 cm³/mol. The Hall–Kier alpha value is -4.97. The molecule has 4 amide bonds. The topological polar surface area (TPSA) is 163 Å². The van der Waals surface area contributed by atoms with E-state index in [1.165, 1.54) is 17.0 Å². The number of carbonyl (C=O) groups excluding carboxylic acids is 4. The largest absolute Gasteiger partial charge is 0.508 e. The van der Waals surface area contributed by atoms with E-state index < -0.39 is 35.5 Å². The fourth-order valence-corrected chi connectivity index (χ4v) is 5.45. The summed E-state index contributed by atoms with van der Waals surface area (Å²) in [5, 5.41) is 19.1. The fraction of sp³-hybridized carbons (Fsp3) is 0.421. The van der Waals surface area contributed by atoms with Gasteiger partial charge < -0.3 is 36.4 Å². The van der Waals surface area contributed by atoms with Gasteiger partial charge in [-0.15, -0.1) is 0 Å². The van der Waals surface area contributed by atoms with Gasteiger partial charge in [0.25, 0.3) is 0 Å². The van der Waals surface area contributed by atoms with Crippen LogP contribution in [0.5, 0.6) is 5.75 Å². The molecule has 3 rings (SSSR count). The summed E-state index contributed by atoms with van der Waals surface area (Å²) in [7, 11) is 1.56. The summed E-state index contributed by atoms with van der Waals surface area (Å²) >= 11 is 0. The van der Waals surface area contributed by atoms with E-state index >= 15 is 0 Å². The van der Waals surface area contributed by atoms with Crippen molar-refractivity contribution >= 4 is 23.8 Å². The molecule has 0 aliphatic rings. The number of carbonyl (C=O) groups is 4. The summed E-state index contributed by atoms with van der Waals surface area (Å²) < 4.78 is 18.9. The highest BCUT2D eigenvalue weighted by molar-refractivity contribution is 5.88. The van der Waals surface area contributed by atoms with E-state index in [0.29, 0.717) is 12.8 Å². The molecule has 0 aliphatic heterocycles. The third kappa shape index (κ3) is 11.9. The van der Waals surface area contributed by atoms with Crippen molar-refractivity contribution in [2.24, 2.45) is 5.73 Å². The number of hydrogen-bond donors (Lipinski definition) is 5. The number of aryl methyl sites for hydroxylation is 1. The van der Waals surface area contributed by atoms with Crippen molar-refractivity contribution in [2.45, 2.75) is 83.5 Å². The molecule has 3 aromatic rings. The zero-order valence-corrected chi connectivity index (χ0v) is 29.7. The van der Waals surface area contributed by atoms with Crippen LogP contribution in [0.15, 0.2) is 72.8 Å². The lowest BCUT2D eigenvalue weighted by molar-refractivity contribution is -0.138. The van der Waals surface area contributed by atoms with Crippen molar-refractivity contribution in [3.05, 3.63) is 101 Å². The lowest BCUT2D eigenvalue weighted by Gasteiger charge is -2.41. The third-order valence-corrected chi connectivity index (χ3v) is 8.61. The van der Waals surface area contributed by atoms with Gasteiger partial charge in [-0.2, -0.15) is 0 Å². The van der Waals surface area contributed by atoms with Crippen LogP contribution in [0, 0.1) is 5.82 Å². The number of likely N-dealkylation sites (N-methyl/N-ethyl adjacent to an activating group) is 1. The number of aromatic hydroxyl groups is 1. The molecule has 0 radical (unpaired) electrons. The first-order valence-corrected chi connectivity index (χ1v) is 16.6. The van der Waals surface area contributed by atoms with Gasteiger partial charge in [0.05, 0.1) is 12.1 Å². The second kappa shape index (κ2) is 17.6. The van der Waals surface area contributed by atoms with E-state index in [-0.39, 0.29) is 49.0 Å². The van der Waals surface area contributed by atoms with Crippen LogP contribution in [0.3, 0.4) is 0 Å². The van der Waals surface area contributed by atoms with Crippen LogP contribution < -0.4 is 21.7 Å². The maximum atomic E-state index is 14.2. The first-order chi connectivity index (χ1) is 23.5. The monoisotopic (exact) mass is 691 g/mol. The molecule has 2 unspecified atom stereocenters. The summed E-state index contributed by atoms with van der Waals surface area (Å²) in [5.74, 6) is -1.68. The number of phenols is 1. The fourth-order valence-electron chi connectivity index (χ4n) is 5.45. The summed E-state index contributed by atoms with van der Waals surface area (Å²) in [6.45, 7) is 9.26. The molecular weight excluding hydrogens is 641 g/mol. The Morgan fingerprint density at radius 1 is 0.900 bits per heavy atom. The smallest absolute Gasteiger partial charge is 0.408 e. The number of benzene rings is 3. The van der Waals surface area contributed by atoms with Crippen molar-refractivity contribution in [3.63, 3.8) is 0 Å². The van der Waals surface area contributed by atoms with E-state index in [1.54, 1.807) is 57.3 Å². The number of alkyl carbamates (subject to hydrolysis) is 1. The molecule has 6 N–H and O–H groups in total. The standard InChI is InChI=1S/C38H50FN5O6/c1-37(2,3)30-21-27(14-18-31(30)45)20-29(22-41-23-32(40)46)42-35(48)34(43-36(49)50-24-26-10-8-7-9-11-26)38(4,5)44(6)33(47)19-15-25-12-16-28(39)17-13-25/h7-14,16-18,21,29,34,41,45H,15,19-20,22-24H2,1-6H3,(H2,40,46)(H,42,48)(H,43,49).